The first-order valence-corrected chi connectivity index (χ1v) is 9.88. The zero-order valence-corrected chi connectivity index (χ0v) is 16.2. The van der Waals surface area contributed by atoms with Gasteiger partial charge in [0.15, 0.2) is 5.65 Å². The predicted octanol–water partition coefficient (Wildman–Crippen LogP) is 2.85. The van der Waals surface area contributed by atoms with E-state index >= 15 is 0 Å². The van der Waals surface area contributed by atoms with Crippen molar-refractivity contribution in [3.05, 3.63) is 71.0 Å². The molecule has 1 aliphatic heterocycles. The lowest BCUT2D eigenvalue weighted by molar-refractivity contribution is 0.0784. The van der Waals surface area contributed by atoms with Gasteiger partial charge in [0.25, 0.3) is 5.91 Å². The Morgan fingerprint density at radius 3 is 2.83 bits per heavy atom. The normalized spacial score (nSPS) is 16.7. The summed E-state index contributed by atoms with van der Waals surface area (Å²) in [4.78, 5) is 36.8. The van der Waals surface area contributed by atoms with Gasteiger partial charge in [-0.3, -0.25) is 18.9 Å². The van der Waals surface area contributed by atoms with Crippen LogP contribution in [0.5, 0.6) is 0 Å². The first-order valence-electron chi connectivity index (χ1n) is 9.88. The number of imidazole rings is 1. The second kappa shape index (κ2) is 6.84. The number of hydrogen-bond acceptors (Lipinski definition) is 4. The van der Waals surface area contributed by atoms with Gasteiger partial charge in [0.05, 0.1) is 11.6 Å². The number of nitrogens with zero attached hydrogens (tertiary/aromatic N) is 5. The molecule has 7 heteroatoms. The van der Waals surface area contributed by atoms with Gasteiger partial charge in [0.2, 0.25) is 0 Å². The van der Waals surface area contributed by atoms with E-state index in [9.17, 15) is 9.59 Å². The first-order chi connectivity index (χ1) is 14.2. The van der Waals surface area contributed by atoms with Crippen LogP contribution < -0.4 is 5.69 Å². The van der Waals surface area contributed by atoms with Crippen molar-refractivity contribution < 1.29 is 4.79 Å². The van der Waals surface area contributed by atoms with Crippen molar-refractivity contribution in [3.63, 3.8) is 0 Å². The van der Waals surface area contributed by atoms with Crippen molar-refractivity contribution in [2.24, 2.45) is 0 Å². The molecule has 1 amide bonds. The Bertz CT molecular complexity index is 1280. The Hall–Kier alpha value is -3.48. The number of likely N-dealkylation sites (tertiary alicyclic amines) is 1. The first kappa shape index (κ1) is 17.6. The quantitative estimate of drug-likeness (QED) is 0.542. The summed E-state index contributed by atoms with van der Waals surface area (Å²) in [6.45, 7) is 3.60. The van der Waals surface area contributed by atoms with Gasteiger partial charge in [-0.1, -0.05) is 24.3 Å². The molecule has 1 aromatic carbocycles. The number of carbonyl (C=O) groups is 1. The van der Waals surface area contributed by atoms with Crippen LogP contribution in [0.15, 0.2) is 59.7 Å². The lowest BCUT2D eigenvalue weighted by Gasteiger charge is -2.17. The molecule has 0 bridgehead atoms. The number of benzene rings is 1. The molecule has 4 heterocycles. The number of amides is 1. The van der Waals surface area contributed by atoms with Gasteiger partial charge in [-0.15, -0.1) is 0 Å². The van der Waals surface area contributed by atoms with Gasteiger partial charge in [-0.25, -0.2) is 9.78 Å². The molecule has 5 rings (SSSR count). The molecule has 1 aliphatic rings. The van der Waals surface area contributed by atoms with E-state index in [1.165, 1.54) is 0 Å². The van der Waals surface area contributed by atoms with E-state index < -0.39 is 0 Å². The third kappa shape index (κ3) is 2.73. The second-order valence-electron chi connectivity index (χ2n) is 7.32. The Kier molecular flexibility index (Phi) is 4.16. The minimum Gasteiger partial charge on any atom is -0.335 e. The molecular formula is C22H21N5O2. The molecule has 0 aliphatic carbocycles. The van der Waals surface area contributed by atoms with E-state index in [-0.39, 0.29) is 17.6 Å². The van der Waals surface area contributed by atoms with E-state index in [4.69, 9.17) is 0 Å². The average molecular weight is 387 g/mol. The Morgan fingerprint density at radius 1 is 1.10 bits per heavy atom. The molecule has 29 heavy (non-hydrogen) atoms. The number of aromatic nitrogens is 4. The fourth-order valence-electron chi connectivity index (χ4n) is 4.32. The van der Waals surface area contributed by atoms with Crippen molar-refractivity contribution in [2.45, 2.75) is 25.9 Å². The lowest BCUT2D eigenvalue weighted by atomic mass is 10.1. The summed E-state index contributed by atoms with van der Waals surface area (Å²) in [6, 6.07) is 13.3. The molecule has 146 valence electrons. The van der Waals surface area contributed by atoms with Gasteiger partial charge in [0, 0.05) is 37.4 Å². The van der Waals surface area contributed by atoms with Crippen LogP contribution >= 0.6 is 0 Å². The largest absolute Gasteiger partial charge is 0.335 e. The molecule has 7 nitrogen and oxygen atoms in total. The Morgan fingerprint density at radius 2 is 1.97 bits per heavy atom. The van der Waals surface area contributed by atoms with Crippen molar-refractivity contribution in [1.29, 1.82) is 0 Å². The Labute approximate surface area is 167 Å². The third-order valence-electron chi connectivity index (χ3n) is 5.73. The minimum absolute atomic E-state index is 0.0659. The highest BCUT2D eigenvalue weighted by Gasteiger charge is 2.32. The van der Waals surface area contributed by atoms with Gasteiger partial charge >= 0.3 is 5.69 Å². The number of pyridine rings is 2. The maximum absolute atomic E-state index is 13.2. The topological polar surface area (TPSA) is 73.0 Å². The lowest BCUT2D eigenvalue weighted by Crippen LogP contribution is -2.32. The standard InChI is InChI=1S/C22H21N5O2/c1-2-26-18-8-5-11-24-20(18)27(22(26)29)16-10-13-25(14-16)21(28)19-17-7-4-3-6-15(17)9-12-23-19/h3-9,11-12,16H,2,10,13-14H2,1H3/t16-/m1/s1. The molecule has 0 unspecified atom stereocenters. The molecule has 0 spiro atoms. The van der Waals surface area contributed by atoms with Crippen LogP contribution in [0.1, 0.15) is 29.9 Å². The third-order valence-corrected chi connectivity index (χ3v) is 5.73. The van der Waals surface area contributed by atoms with Gasteiger partial charge < -0.3 is 4.90 Å². The fraction of sp³-hybridized carbons (Fsp3) is 0.273. The van der Waals surface area contributed by atoms with Crippen LogP contribution in [0.4, 0.5) is 0 Å². The zero-order valence-electron chi connectivity index (χ0n) is 16.2. The van der Waals surface area contributed by atoms with Crippen LogP contribution in [0.3, 0.4) is 0 Å². The molecular weight excluding hydrogens is 366 g/mol. The summed E-state index contributed by atoms with van der Waals surface area (Å²) < 4.78 is 3.49. The number of hydrogen-bond donors (Lipinski definition) is 0. The summed E-state index contributed by atoms with van der Waals surface area (Å²) in [5.41, 5.74) is 1.91. The predicted molar refractivity (Wildman–Crippen MR) is 111 cm³/mol. The van der Waals surface area contributed by atoms with E-state index in [1.54, 1.807) is 26.4 Å². The Balaban J connectivity index is 1.50. The molecule has 3 aromatic heterocycles. The summed E-state index contributed by atoms with van der Waals surface area (Å²) in [5, 5.41) is 1.85. The highest BCUT2D eigenvalue weighted by Crippen LogP contribution is 2.26. The summed E-state index contributed by atoms with van der Waals surface area (Å²) in [5.74, 6) is -0.0930. The molecule has 1 fully saturated rings. The second-order valence-corrected chi connectivity index (χ2v) is 7.32. The van der Waals surface area contributed by atoms with Gasteiger partial charge in [0.1, 0.15) is 5.69 Å². The molecule has 0 saturated carbocycles. The molecule has 0 radical (unpaired) electrons. The molecule has 1 saturated heterocycles. The molecule has 0 N–H and O–H groups in total. The average Bonchev–Trinajstić information content (AvgIpc) is 3.34. The van der Waals surface area contributed by atoms with Crippen LogP contribution in [0, 0.1) is 0 Å². The van der Waals surface area contributed by atoms with Crippen molar-refractivity contribution in [3.8, 4) is 0 Å². The van der Waals surface area contributed by atoms with E-state index in [2.05, 4.69) is 9.97 Å². The summed E-state index contributed by atoms with van der Waals surface area (Å²) in [6.07, 6.45) is 4.10. The zero-order chi connectivity index (χ0) is 20.0. The maximum Gasteiger partial charge on any atom is 0.330 e. The van der Waals surface area contributed by atoms with E-state index in [0.717, 1.165) is 22.7 Å². The molecule has 4 aromatic rings. The van der Waals surface area contributed by atoms with Crippen molar-refractivity contribution in [2.75, 3.05) is 13.1 Å². The van der Waals surface area contributed by atoms with Crippen LogP contribution in [0.2, 0.25) is 0 Å². The van der Waals surface area contributed by atoms with Crippen molar-refractivity contribution in [1.82, 2.24) is 24.0 Å². The number of carbonyl (C=O) groups excluding carboxylic acids is 1. The van der Waals surface area contributed by atoms with Crippen LogP contribution in [-0.4, -0.2) is 43.0 Å². The van der Waals surface area contributed by atoms with Crippen LogP contribution in [0.25, 0.3) is 21.9 Å². The smallest absolute Gasteiger partial charge is 0.330 e. The van der Waals surface area contributed by atoms with Crippen molar-refractivity contribution >= 4 is 27.8 Å². The fourth-order valence-corrected chi connectivity index (χ4v) is 4.32. The van der Waals surface area contributed by atoms with E-state index in [1.807, 2.05) is 49.4 Å². The highest BCUT2D eigenvalue weighted by molar-refractivity contribution is 6.05. The summed E-state index contributed by atoms with van der Waals surface area (Å²) >= 11 is 0. The number of aryl methyl sites for hydroxylation is 1. The highest BCUT2D eigenvalue weighted by atomic mass is 16.2. The number of rotatable bonds is 3. The SMILES string of the molecule is CCn1c(=O)n([C@@H]2CCN(C(=O)c3nccc4ccccc34)C2)c2ncccc21. The minimum atomic E-state index is -0.0930. The monoisotopic (exact) mass is 387 g/mol. The molecule has 1 atom stereocenters. The van der Waals surface area contributed by atoms with E-state index in [0.29, 0.717) is 31.0 Å². The van der Waals surface area contributed by atoms with Gasteiger partial charge in [-0.2, -0.15) is 0 Å². The number of fused-ring (bicyclic) bond motifs is 2. The maximum atomic E-state index is 13.2. The van der Waals surface area contributed by atoms with Gasteiger partial charge in [-0.05, 0) is 36.9 Å². The summed E-state index contributed by atoms with van der Waals surface area (Å²) in [7, 11) is 0. The van der Waals surface area contributed by atoms with Crippen LogP contribution in [-0.2, 0) is 6.54 Å².